The standard InChI is InChI=1S/C13H19NO2/c15-9-11-5-3-4-10(13(11)16)8-12-6-1-2-7-14-12/h3-5,12,14-16H,1-2,6-9H2. The minimum atomic E-state index is -0.0994. The minimum absolute atomic E-state index is 0.0994. The number of para-hydroxylation sites is 1. The molecule has 1 atom stereocenters. The number of aromatic hydroxyl groups is 1. The fraction of sp³-hybridized carbons (Fsp3) is 0.538. The fourth-order valence-corrected chi connectivity index (χ4v) is 2.30. The minimum Gasteiger partial charge on any atom is -0.507 e. The molecule has 1 aliphatic heterocycles. The molecule has 2 rings (SSSR count). The highest BCUT2D eigenvalue weighted by atomic mass is 16.3. The summed E-state index contributed by atoms with van der Waals surface area (Å²) in [4.78, 5) is 0. The molecule has 1 aromatic rings. The van der Waals surface area contributed by atoms with E-state index in [1.807, 2.05) is 12.1 Å². The maximum Gasteiger partial charge on any atom is 0.124 e. The van der Waals surface area contributed by atoms with Gasteiger partial charge in [0.2, 0.25) is 0 Å². The Morgan fingerprint density at radius 3 is 2.75 bits per heavy atom. The lowest BCUT2D eigenvalue weighted by Crippen LogP contribution is -2.35. The van der Waals surface area contributed by atoms with Gasteiger partial charge in [-0.15, -0.1) is 0 Å². The number of hydrogen-bond donors (Lipinski definition) is 3. The molecule has 1 aliphatic rings. The summed E-state index contributed by atoms with van der Waals surface area (Å²) in [6.45, 7) is 0.975. The van der Waals surface area contributed by atoms with Crippen molar-refractivity contribution in [1.82, 2.24) is 5.32 Å². The van der Waals surface area contributed by atoms with E-state index in [0.29, 0.717) is 11.6 Å². The van der Waals surface area contributed by atoms with Crippen LogP contribution in [-0.4, -0.2) is 22.8 Å². The maximum absolute atomic E-state index is 9.93. The molecule has 0 aromatic heterocycles. The summed E-state index contributed by atoms with van der Waals surface area (Å²) in [6, 6.07) is 6.05. The molecule has 3 nitrogen and oxygen atoms in total. The van der Waals surface area contributed by atoms with E-state index >= 15 is 0 Å². The molecule has 0 amide bonds. The van der Waals surface area contributed by atoms with Crippen molar-refractivity contribution in [2.75, 3.05) is 6.54 Å². The Morgan fingerprint density at radius 1 is 1.25 bits per heavy atom. The van der Waals surface area contributed by atoms with Gasteiger partial charge in [-0.25, -0.2) is 0 Å². The summed E-state index contributed by atoms with van der Waals surface area (Å²) >= 11 is 0. The zero-order valence-corrected chi connectivity index (χ0v) is 9.45. The number of aliphatic hydroxyl groups excluding tert-OH is 1. The third-order valence-electron chi connectivity index (χ3n) is 3.25. The van der Waals surface area contributed by atoms with Gasteiger partial charge in [0.1, 0.15) is 5.75 Å². The van der Waals surface area contributed by atoms with Crippen LogP contribution < -0.4 is 5.32 Å². The first-order valence-electron chi connectivity index (χ1n) is 5.95. The normalized spacial score (nSPS) is 20.9. The lowest BCUT2D eigenvalue weighted by Gasteiger charge is -2.24. The summed E-state index contributed by atoms with van der Waals surface area (Å²) < 4.78 is 0. The number of piperidine rings is 1. The highest BCUT2D eigenvalue weighted by Gasteiger charge is 2.15. The van der Waals surface area contributed by atoms with Gasteiger partial charge in [0, 0.05) is 11.6 Å². The molecule has 0 saturated carbocycles. The first-order chi connectivity index (χ1) is 7.81. The van der Waals surface area contributed by atoms with E-state index < -0.39 is 0 Å². The Hall–Kier alpha value is -1.06. The largest absolute Gasteiger partial charge is 0.507 e. The summed E-state index contributed by atoms with van der Waals surface area (Å²) in [5, 5.41) is 22.5. The van der Waals surface area contributed by atoms with Gasteiger partial charge in [-0.2, -0.15) is 0 Å². The van der Waals surface area contributed by atoms with Crippen molar-refractivity contribution in [2.24, 2.45) is 0 Å². The topological polar surface area (TPSA) is 52.5 Å². The van der Waals surface area contributed by atoms with E-state index in [1.54, 1.807) is 6.07 Å². The Morgan fingerprint density at radius 2 is 2.06 bits per heavy atom. The number of benzene rings is 1. The van der Waals surface area contributed by atoms with Crippen molar-refractivity contribution < 1.29 is 10.2 Å². The highest BCUT2D eigenvalue weighted by Crippen LogP contribution is 2.25. The van der Waals surface area contributed by atoms with Crippen LogP contribution in [0, 0.1) is 0 Å². The van der Waals surface area contributed by atoms with Gasteiger partial charge >= 0.3 is 0 Å². The monoisotopic (exact) mass is 221 g/mol. The van der Waals surface area contributed by atoms with E-state index in [2.05, 4.69) is 5.32 Å². The molecule has 0 bridgehead atoms. The van der Waals surface area contributed by atoms with Gasteiger partial charge in [-0.05, 0) is 31.4 Å². The average molecular weight is 221 g/mol. The van der Waals surface area contributed by atoms with Crippen LogP contribution >= 0.6 is 0 Å². The zero-order valence-electron chi connectivity index (χ0n) is 9.45. The molecule has 88 valence electrons. The Bertz CT molecular complexity index is 346. The summed E-state index contributed by atoms with van der Waals surface area (Å²) in [5.74, 6) is 0.261. The maximum atomic E-state index is 9.93. The molecule has 16 heavy (non-hydrogen) atoms. The van der Waals surface area contributed by atoms with Crippen LogP contribution in [0.2, 0.25) is 0 Å². The average Bonchev–Trinajstić information content (AvgIpc) is 2.33. The van der Waals surface area contributed by atoms with E-state index in [-0.39, 0.29) is 12.4 Å². The summed E-state index contributed by atoms with van der Waals surface area (Å²) in [5.41, 5.74) is 1.55. The number of phenols is 1. The first-order valence-corrected chi connectivity index (χ1v) is 5.95. The third-order valence-corrected chi connectivity index (χ3v) is 3.25. The number of rotatable bonds is 3. The Labute approximate surface area is 96.1 Å². The van der Waals surface area contributed by atoms with Crippen molar-refractivity contribution >= 4 is 0 Å². The van der Waals surface area contributed by atoms with Crippen LogP contribution in [0.25, 0.3) is 0 Å². The van der Waals surface area contributed by atoms with Crippen LogP contribution in [0.4, 0.5) is 0 Å². The van der Waals surface area contributed by atoms with E-state index in [9.17, 15) is 5.11 Å². The molecule has 3 heteroatoms. The highest BCUT2D eigenvalue weighted by molar-refractivity contribution is 5.40. The Kier molecular flexibility index (Phi) is 3.80. The van der Waals surface area contributed by atoms with Crippen LogP contribution in [0.1, 0.15) is 30.4 Å². The second-order valence-electron chi connectivity index (χ2n) is 4.43. The predicted octanol–water partition coefficient (Wildman–Crippen LogP) is 1.57. The van der Waals surface area contributed by atoms with Crippen LogP contribution in [0.5, 0.6) is 5.75 Å². The molecule has 1 heterocycles. The van der Waals surface area contributed by atoms with Gasteiger partial charge in [0.25, 0.3) is 0 Å². The second kappa shape index (κ2) is 5.32. The molecule has 1 aromatic carbocycles. The summed E-state index contributed by atoms with van der Waals surface area (Å²) in [7, 11) is 0. The van der Waals surface area contributed by atoms with Crippen molar-refractivity contribution in [1.29, 1.82) is 0 Å². The predicted molar refractivity (Wildman–Crippen MR) is 63.4 cm³/mol. The first kappa shape index (κ1) is 11.4. The molecule has 1 fully saturated rings. The van der Waals surface area contributed by atoms with Crippen molar-refractivity contribution in [3.63, 3.8) is 0 Å². The van der Waals surface area contributed by atoms with E-state index in [1.165, 1.54) is 19.3 Å². The molecule has 1 saturated heterocycles. The molecule has 3 N–H and O–H groups in total. The van der Waals surface area contributed by atoms with Crippen LogP contribution in [-0.2, 0) is 13.0 Å². The van der Waals surface area contributed by atoms with Gasteiger partial charge in [0.05, 0.1) is 6.61 Å². The van der Waals surface area contributed by atoms with Crippen LogP contribution in [0.3, 0.4) is 0 Å². The fourth-order valence-electron chi connectivity index (χ4n) is 2.30. The van der Waals surface area contributed by atoms with Crippen molar-refractivity contribution in [3.8, 4) is 5.75 Å². The third kappa shape index (κ3) is 2.54. The summed E-state index contributed by atoms with van der Waals surface area (Å²) in [6.07, 6.45) is 4.53. The smallest absolute Gasteiger partial charge is 0.124 e. The lowest BCUT2D eigenvalue weighted by molar-refractivity contribution is 0.275. The quantitative estimate of drug-likeness (QED) is 0.726. The SMILES string of the molecule is OCc1cccc(CC2CCCCN2)c1O. The number of nitrogens with one attached hydrogen (secondary N) is 1. The van der Waals surface area contributed by atoms with Gasteiger partial charge in [-0.1, -0.05) is 24.6 Å². The van der Waals surface area contributed by atoms with Gasteiger partial charge in [0.15, 0.2) is 0 Å². The van der Waals surface area contributed by atoms with Gasteiger partial charge in [-0.3, -0.25) is 0 Å². The van der Waals surface area contributed by atoms with E-state index in [4.69, 9.17) is 5.11 Å². The van der Waals surface area contributed by atoms with Crippen molar-refractivity contribution in [3.05, 3.63) is 29.3 Å². The molecular formula is C13H19NO2. The number of aliphatic hydroxyl groups is 1. The molecule has 0 aliphatic carbocycles. The number of hydrogen-bond acceptors (Lipinski definition) is 3. The molecule has 1 unspecified atom stereocenters. The molecule has 0 radical (unpaired) electrons. The van der Waals surface area contributed by atoms with E-state index in [0.717, 1.165) is 18.5 Å². The zero-order chi connectivity index (χ0) is 11.4. The van der Waals surface area contributed by atoms with Crippen LogP contribution in [0.15, 0.2) is 18.2 Å². The van der Waals surface area contributed by atoms with Crippen molar-refractivity contribution in [2.45, 2.75) is 38.3 Å². The second-order valence-corrected chi connectivity index (χ2v) is 4.43. The Balaban J connectivity index is 2.08. The molecule has 0 spiro atoms. The molecular weight excluding hydrogens is 202 g/mol. The van der Waals surface area contributed by atoms with Gasteiger partial charge < -0.3 is 15.5 Å². The lowest BCUT2D eigenvalue weighted by atomic mass is 9.96.